The molecule has 0 aliphatic carbocycles. The third kappa shape index (κ3) is 3.27. The smallest absolute Gasteiger partial charge is 0.266 e. The fourth-order valence-corrected chi connectivity index (χ4v) is 3.70. The number of pyridine rings is 1. The highest BCUT2D eigenvalue weighted by Crippen LogP contribution is 2.33. The minimum Gasteiger partial charge on any atom is -0.497 e. The summed E-state index contributed by atoms with van der Waals surface area (Å²) in [5.74, 6) is 0.365. The quantitative estimate of drug-likeness (QED) is 0.712. The van der Waals surface area contributed by atoms with Crippen molar-refractivity contribution in [3.63, 3.8) is 0 Å². The number of aromatic amines is 2. The van der Waals surface area contributed by atoms with Crippen LogP contribution in [0.5, 0.6) is 5.75 Å². The second-order valence-electron chi connectivity index (χ2n) is 6.94. The fraction of sp³-hybridized carbons (Fsp3) is 0.238. The summed E-state index contributed by atoms with van der Waals surface area (Å²) in [5, 5.41) is 9.15. The summed E-state index contributed by atoms with van der Waals surface area (Å²) in [6.45, 7) is 2.44. The van der Waals surface area contributed by atoms with Crippen LogP contribution in [0, 0.1) is 18.3 Å². The average molecular weight is 389 g/mol. The maximum atomic E-state index is 13.3. The Bertz CT molecular complexity index is 1190. The Morgan fingerprint density at radius 2 is 2.21 bits per heavy atom. The number of amides is 1. The molecular formula is C21H19N5O3. The lowest BCUT2D eigenvalue weighted by Gasteiger charge is -2.32. The Kier molecular flexibility index (Phi) is 4.64. The summed E-state index contributed by atoms with van der Waals surface area (Å²) in [7, 11) is 1.61. The monoisotopic (exact) mass is 389 g/mol. The zero-order valence-electron chi connectivity index (χ0n) is 16.0. The lowest BCUT2D eigenvalue weighted by molar-refractivity contribution is 0.0720. The third-order valence-electron chi connectivity index (χ3n) is 5.21. The van der Waals surface area contributed by atoms with Crippen molar-refractivity contribution in [3.8, 4) is 11.8 Å². The highest BCUT2D eigenvalue weighted by molar-refractivity contribution is 5.95. The van der Waals surface area contributed by atoms with Gasteiger partial charge in [-0.1, -0.05) is 12.1 Å². The van der Waals surface area contributed by atoms with Gasteiger partial charge in [-0.15, -0.1) is 0 Å². The maximum Gasteiger partial charge on any atom is 0.266 e. The number of carbonyl (C=O) groups excluding carboxylic acids is 1. The number of carbonyl (C=O) groups is 1. The number of H-pyrrole nitrogens is 2. The number of aromatic nitrogens is 3. The van der Waals surface area contributed by atoms with Gasteiger partial charge in [-0.05, 0) is 30.7 Å². The SMILES string of the molecule is COc1cccc(C2CN(C(=O)c3cc(C#N)c(=O)[nH]c3C)Cc3[nH]cnc32)c1. The van der Waals surface area contributed by atoms with Gasteiger partial charge in [0.05, 0.1) is 36.9 Å². The summed E-state index contributed by atoms with van der Waals surface area (Å²) < 4.78 is 5.34. The molecule has 0 fully saturated rings. The number of imidazole rings is 1. The minimum atomic E-state index is -0.495. The fourth-order valence-electron chi connectivity index (χ4n) is 3.70. The Balaban J connectivity index is 1.73. The number of aryl methyl sites for hydroxylation is 1. The predicted octanol–water partition coefficient (Wildman–Crippen LogP) is 2.07. The van der Waals surface area contributed by atoms with E-state index in [0.717, 1.165) is 22.7 Å². The normalized spacial score (nSPS) is 15.5. The van der Waals surface area contributed by atoms with Crippen LogP contribution in [0.2, 0.25) is 0 Å². The topological polar surface area (TPSA) is 115 Å². The first-order valence-corrected chi connectivity index (χ1v) is 9.11. The summed E-state index contributed by atoms with van der Waals surface area (Å²) in [4.78, 5) is 37.0. The van der Waals surface area contributed by atoms with E-state index in [-0.39, 0.29) is 17.4 Å². The molecule has 1 atom stereocenters. The van der Waals surface area contributed by atoms with E-state index >= 15 is 0 Å². The standard InChI is InChI=1S/C21H19N5O3/c1-12-16(7-14(8-22)20(27)25-12)21(28)26-9-17(19-18(10-26)23-11-24-19)13-4-3-5-15(6-13)29-2/h3-7,11,17H,9-10H2,1-2H3,(H,23,24)(H,25,27). The first-order chi connectivity index (χ1) is 14.0. The second kappa shape index (κ2) is 7.28. The molecule has 0 spiro atoms. The van der Waals surface area contributed by atoms with Crippen molar-refractivity contribution in [1.29, 1.82) is 5.26 Å². The molecule has 0 saturated carbocycles. The van der Waals surface area contributed by atoms with E-state index in [9.17, 15) is 9.59 Å². The predicted molar refractivity (Wildman–Crippen MR) is 105 cm³/mol. The highest BCUT2D eigenvalue weighted by Gasteiger charge is 2.32. The van der Waals surface area contributed by atoms with Gasteiger partial charge in [-0.2, -0.15) is 5.26 Å². The van der Waals surface area contributed by atoms with Crippen LogP contribution in [0.25, 0.3) is 0 Å². The Morgan fingerprint density at radius 3 is 2.97 bits per heavy atom. The van der Waals surface area contributed by atoms with Crippen molar-refractivity contribution in [3.05, 3.63) is 80.8 Å². The molecule has 2 N–H and O–H groups in total. The largest absolute Gasteiger partial charge is 0.497 e. The molecule has 0 saturated heterocycles. The second-order valence-corrected chi connectivity index (χ2v) is 6.94. The van der Waals surface area contributed by atoms with Gasteiger partial charge >= 0.3 is 0 Å². The van der Waals surface area contributed by atoms with Crippen LogP contribution in [0.15, 0.2) is 41.5 Å². The van der Waals surface area contributed by atoms with Gasteiger partial charge in [0.1, 0.15) is 17.4 Å². The van der Waals surface area contributed by atoms with Crippen molar-refractivity contribution in [2.75, 3.05) is 13.7 Å². The van der Waals surface area contributed by atoms with Crippen molar-refractivity contribution in [2.45, 2.75) is 19.4 Å². The van der Waals surface area contributed by atoms with Gasteiger partial charge < -0.3 is 19.6 Å². The van der Waals surface area contributed by atoms with Crippen molar-refractivity contribution in [2.24, 2.45) is 0 Å². The van der Waals surface area contributed by atoms with Crippen LogP contribution >= 0.6 is 0 Å². The minimum absolute atomic E-state index is 0.0810. The lowest BCUT2D eigenvalue weighted by Crippen LogP contribution is -2.39. The van der Waals surface area contributed by atoms with Crippen LogP contribution < -0.4 is 10.3 Å². The van der Waals surface area contributed by atoms with Gasteiger partial charge in [0, 0.05) is 18.2 Å². The number of ether oxygens (including phenoxy) is 1. The van der Waals surface area contributed by atoms with Crippen molar-refractivity contribution >= 4 is 5.91 Å². The first-order valence-electron chi connectivity index (χ1n) is 9.11. The van der Waals surface area contributed by atoms with Gasteiger partial charge in [-0.3, -0.25) is 9.59 Å². The number of methoxy groups -OCH3 is 1. The van der Waals surface area contributed by atoms with Gasteiger partial charge in [0.25, 0.3) is 11.5 Å². The van der Waals surface area contributed by atoms with Crippen LogP contribution in [0.4, 0.5) is 0 Å². The molecule has 3 heterocycles. The summed E-state index contributed by atoms with van der Waals surface area (Å²) >= 11 is 0. The molecule has 1 aliphatic rings. The van der Waals surface area contributed by atoms with Gasteiger partial charge in [0.2, 0.25) is 0 Å². The number of benzene rings is 1. The molecule has 1 aromatic carbocycles. The summed E-state index contributed by atoms with van der Waals surface area (Å²) in [5.41, 5.74) is 2.93. The molecule has 2 aromatic heterocycles. The van der Waals surface area contributed by atoms with Gasteiger partial charge in [0.15, 0.2) is 0 Å². The Labute approximate surface area is 166 Å². The number of nitrogens with zero attached hydrogens (tertiary/aromatic N) is 3. The van der Waals surface area contributed by atoms with Gasteiger partial charge in [-0.25, -0.2) is 4.98 Å². The molecule has 0 bridgehead atoms. The number of nitriles is 1. The number of hydrogen-bond donors (Lipinski definition) is 2. The van der Waals surface area contributed by atoms with E-state index in [1.165, 1.54) is 6.07 Å². The van der Waals surface area contributed by atoms with E-state index in [0.29, 0.717) is 24.3 Å². The molecule has 8 heteroatoms. The molecule has 3 aromatic rings. The Hall–Kier alpha value is -3.86. The van der Waals surface area contributed by atoms with Crippen molar-refractivity contribution < 1.29 is 9.53 Å². The molecule has 0 radical (unpaired) electrons. The van der Waals surface area contributed by atoms with Crippen LogP contribution in [-0.2, 0) is 6.54 Å². The van der Waals surface area contributed by atoms with Crippen LogP contribution in [-0.4, -0.2) is 39.4 Å². The molecule has 4 rings (SSSR count). The summed E-state index contributed by atoms with van der Waals surface area (Å²) in [6.07, 6.45) is 1.63. The van der Waals surface area contributed by atoms with E-state index in [2.05, 4.69) is 15.0 Å². The number of nitrogens with one attached hydrogen (secondary N) is 2. The summed E-state index contributed by atoms with van der Waals surface area (Å²) in [6, 6.07) is 10.9. The molecule has 29 heavy (non-hydrogen) atoms. The molecule has 1 unspecified atom stereocenters. The zero-order valence-corrected chi connectivity index (χ0v) is 16.0. The lowest BCUT2D eigenvalue weighted by atomic mass is 9.90. The van der Waals surface area contributed by atoms with Crippen molar-refractivity contribution in [1.82, 2.24) is 19.9 Å². The number of fused-ring (bicyclic) bond motifs is 1. The van der Waals surface area contributed by atoms with Crippen LogP contribution in [0.1, 0.15) is 44.5 Å². The first kappa shape index (κ1) is 18.5. The molecule has 146 valence electrons. The van der Waals surface area contributed by atoms with E-state index in [1.54, 1.807) is 25.3 Å². The molecule has 1 amide bonds. The highest BCUT2D eigenvalue weighted by atomic mass is 16.5. The van der Waals surface area contributed by atoms with E-state index in [4.69, 9.17) is 10.00 Å². The maximum absolute atomic E-state index is 13.3. The average Bonchev–Trinajstić information content (AvgIpc) is 3.21. The molecule has 8 nitrogen and oxygen atoms in total. The van der Waals surface area contributed by atoms with E-state index in [1.807, 2.05) is 30.3 Å². The third-order valence-corrected chi connectivity index (χ3v) is 5.21. The van der Waals surface area contributed by atoms with Crippen LogP contribution in [0.3, 0.4) is 0 Å². The number of rotatable bonds is 3. The Morgan fingerprint density at radius 1 is 1.38 bits per heavy atom. The molecule has 1 aliphatic heterocycles. The van der Waals surface area contributed by atoms with E-state index < -0.39 is 5.56 Å². The number of hydrogen-bond acceptors (Lipinski definition) is 5. The zero-order chi connectivity index (χ0) is 20.5. The molecular weight excluding hydrogens is 370 g/mol.